The predicted molar refractivity (Wildman–Crippen MR) is 276 cm³/mol. The lowest BCUT2D eigenvalue weighted by Gasteiger charge is -2.32. The van der Waals surface area contributed by atoms with Crippen LogP contribution in [0.1, 0.15) is 144 Å². The number of hydrogen-bond donors (Lipinski definition) is 0. The molecule has 7 rings (SSSR count). The maximum Gasteiger partial charge on any atom is 0.119 e. The molecule has 6 aromatic rings. The highest BCUT2D eigenvalue weighted by Crippen LogP contribution is 2.56. The van der Waals surface area contributed by atoms with Crippen LogP contribution in [-0.4, -0.2) is 13.2 Å². The zero-order valence-electron chi connectivity index (χ0n) is 39.7. The Morgan fingerprint density at radius 3 is 1.16 bits per heavy atom. The molecule has 0 saturated carbocycles. The van der Waals surface area contributed by atoms with E-state index < -0.39 is 0 Å². The van der Waals surface area contributed by atoms with Crippen molar-refractivity contribution in [1.29, 1.82) is 0 Å². The van der Waals surface area contributed by atoms with E-state index in [0.717, 1.165) is 75.1 Å². The summed E-state index contributed by atoms with van der Waals surface area (Å²) >= 11 is 3.79. The van der Waals surface area contributed by atoms with Crippen molar-refractivity contribution in [3.05, 3.63) is 120 Å². The molecule has 0 N–H and O–H groups in total. The maximum absolute atomic E-state index is 6.18. The summed E-state index contributed by atoms with van der Waals surface area (Å²) in [7, 11) is 0. The van der Waals surface area contributed by atoms with E-state index in [2.05, 4.69) is 165 Å². The molecule has 2 nitrogen and oxygen atoms in total. The zero-order valence-corrected chi connectivity index (χ0v) is 41.4. The topological polar surface area (TPSA) is 18.5 Å². The normalized spacial score (nSPS) is 13.9. The van der Waals surface area contributed by atoms with Crippen LogP contribution in [0.15, 0.2) is 109 Å². The standard InChI is InChI=1S/C59H74O2S2/c1-9-35-59(36-10-2)53-39-47(57-31-29-55(62-57)45-17-23-49(24-18-45)60-37-33-43(7)15-11-13-41(3)4)21-27-51(53)52-28-22-48(40-54(52)59)58-32-30-56(63-58)46-19-25-50(26-20-46)61-38-34-44(8)16-12-14-42(5)6/h17-32,39-44H,9-16,33-38H2,1-8H3. The van der Waals surface area contributed by atoms with Crippen LogP contribution in [0.25, 0.3) is 52.9 Å². The molecule has 2 heterocycles. The first-order valence-corrected chi connectivity index (χ1v) is 26.2. The molecule has 4 aromatic carbocycles. The lowest BCUT2D eigenvalue weighted by molar-refractivity contribution is 0.275. The largest absolute Gasteiger partial charge is 0.494 e. The van der Waals surface area contributed by atoms with Gasteiger partial charge in [0, 0.05) is 24.9 Å². The van der Waals surface area contributed by atoms with Gasteiger partial charge in [-0.1, -0.05) is 131 Å². The second kappa shape index (κ2) is 22.2. The third kappa shape index (κ3) is 11.8. The summed E-state index contributed by atoms with van der Waals surface area (Å²) in [6.45, 7) is 20.3. The average Bonchev–Trinajstić information content (AvgIpc) is 4.03. The lowest BCUT2D eigenvalue weighted by Crippen LogP contribution is -2.25. The fraction of sp³-hybridized carbons (Fsp3) is 0.458. The van der Waals surface area contributed by atoms with Crippen molar-refractivity contribution >= 4 is 22.7 Å². The molecule has 0 fully saturated rings. The quantitative estimate of drug-likeness (QED) is 0.0603. The maximum atomic E-state index is 6.18. The Labute approximate surface area is 389 Å². The summed E-state index contributed by atoms with van der Waals surface area (Å²) in [5, 5.41) is 0. The number of hydrogen-bond acceptors (Lipinski definition) is 4. The highest BCUT2D eigenvalue weighted by Gasteiger charge is 2.42. The molecule has 0 saturated heterocycles. The fourth-order valence-electron chi connectivity index (χ4n) is 9.84. The Morgan fingerprint density at radius 1 is 0.429 bits per heavy atom. The van der Waals surface area contributed by atoms with Crippen molar-refractivity contribution in [3.8, 4) is 64.4 Å². The minimum absolute atomic E-state index is 0.00375. The van der Waals surface area contributed by atoms with E-state index in [1.54, 1.807) is 0 Å². The Balaban J connectivity index is 1.03. The van der Waals surface area contributed by atoms with Crippen molar-refractivity contribution in [2.24, 2.45) is 23.7 Å². The Kier molecular flexibility index (Phi) is 16.5. The van der Waals surface area contributed by atoms with Crippen LogP contribution in [-0.2, 0) is 5.41 Å². The van der Waals surface area contributed by atoms with Gasteiger partial charge in [-0.3, -0.25) is 0 Å². The molecule has 0 amide bonds. The molecule has 0 radical (unpaired) electrons. The summed E-state index contributed by atoms with van der Waals surface area (Å²) in [5.41, 5.74) is 11.0. The van der Waals surface area contributed by atoms with Crippen molar-refractivity contribution in [2.75, 3.05) is 13.2 Å². The van der Waals surface area contributed by atoms with E-state index in [1.807, 2.05) is 22.7 Å². The second-order valence-electron chi connectivity index (χ2n) is 19.6. The Hall–Kier alpha value is -4.12. The molecular weight excluding hydrogens is 805 g/mol. The number of thiophene rings is 2. The molecule has 2 unspecified atom stereocenters. The Bertz CT molecular complexity index is 2160. The van der Waals surface area contributed by atoms with Crippen LogP contribution in [0.2, 0.25) is 0 Å². The van der Waals surface area contributed by atoms with Gasteiger partial charge in [0.1, 0.15) is 11.5 Å². The van der Waals surface area contributed by atoms with Gasteiger partial charge < -0.3 is 9.47 Å². The molecule has 2 atom stereocenters. The van der Waals surface area contributed by atoms with E-state index in [-0.39, 0.29) is 5.41 Å². The van der Waals surface area contributed by atoms with Crippen molar-refractivity contribution in [3.63, 3.8) is 0 Å². The average molecular weight is 879 g/mol. The summed E-state index contributed by atoms with van der Waals surface area (Å²) in [4.78, 5) is 5.24. The van der Waals surface area contributed by atoms with Crippen LogP contribution in [0, 0.1) is 23.7 Å². The van der Waals surface area contributed by atoms with E-state index in [9.17, 15) is 0 Å². The minimum Gasteiger partial charge on any atom is -0.494 e. The number of benzene rings is 4. The van der Waals surface area contributed by atoms with Crippen LogP contribution >= 0.6 is 22.7 Å². The zero-order chi connectivity index (χ0) is 44.3. The molecule has 4 heteroatoms. The van der Waals surface area contributed by atoms with Gasteiger partial charge >= 0.3 is 0 Å². The van der Waals surface area contributed by atoms with Crippen LogP contribution < -0.4 is 9.47 Å². The van der Waals surface area contributed by atoms with E-state index >= 15 is 0 Å². The summed E-state index contributed by atoms with van der Waals surface area (Å²) < 4.78 is 12.4. The second-order valence-corrected chi connectivity index (χ2v) is 21.8. The van der Waals surface area contributed by atoms with Crippen LogP contribution in [0.5, 0.6) is 11.5 Å². The minimum atomic E-state index is 0.00375. The van der Waals surface area contributed by atoms with Crippen molar-refractivity contribution < 1.29 is 9.47 Å². The van der Waals surface area contributed by atoms with Crippen LogP contribution in [0.3, 0.4) is 0 Å². The number of fused-ring (bicyclic) bond motifs is 3. The Morgan fingerprint density at radius 2 is 0.794 bits per heavy atom. The van der Waals surface area contributed by atoms with E-state index in [4.69, 9.17) is 9.47 Å². The smallest absolute Gasteiger partial charge is 0.119 e. The van der Waals surface area contributed by atoms with Crippen molar-refractivity contribution in [1.82, 2.24) is 0 Å². The predicted octanol–water partition coefficient (Wildman–Crippen LogP) is 18.8. The van der Waals surface area contributed by atoms with E-state index in [0.29, 0.717) is 11.8 Å². The SMILES string of the molecule is CCCC1(CCC)c2cc(-c3ccc(-c4ccc(OCCC(C)CCCC(C)C)cc4)s3)ccc2-c2ccc(-c3ccc(-c4ccc(OCCC(C)CCCC(C)C)cc4)s3)cc21. The van der Waals surface area contributed by atoms with Gasteiger partial charge in [0.2, 0.25) is 0 Å². The molecule has 0 aliphatic heterocycles. The molecule has 1 aliphatic carbocycles. The van der Waals surface area contributed by atoms with Crippen LogP contribution in [0.4, 0.5) is 0 Å². The summed E-state index contributed by atoms with van der Waals surface area (Å²) in [6, 6.07) is 41.3. The molecule has 1 aliphatic rings. The highest BCUT2D eigenvalue weighted by atomic mass is 32.1. The number of ether oxygens (including phenoxy) is 2. The monoisotopic (exact) mass is 879 g/mol. The molecule has 0 bridgehead atoms. The third-order valence-electron chi connectivity index (χ3n) is 13.5. The van der Waals surface area contributed by atoms with Gasteiger partial charge in [-0.05, 0) is 179 Å². The van der Waals surface area contributed by atoms with Gasteiger partial charge in [0.05, 0.1) is 13.2 Å². The molecule has 0 spiro atoms. The van der Waals surface area contributed by atoms with E-state index in [1.165, 1.54) is 103 Å². The summed E-state index contributed by atoms with van der Waals surface area (Å²) in [5.74, 6) is 4.92. The van der Waals surface area contributed by atoms with Gasteiger partial charge in [-0.15, -0.1) is 22.7 Å². The summed E-state index contributed by atoms with van der Waals surface area (Å²) in [6.07, 6.45) is 14.7. The fourth-order valence-corrected chi connectivity index (χ4v) is 11.9. The number of rotatable bonds is 24. The van der Waals surface area contributed by atoms with Gasteiger partial charge in [-0.2, -0.15) is 0 Å². The van der Waals surface area contributed by atoms with Gasteiger partial charge in [-0.25, -0.2) is 0 Å². The van der Waals surface area contributed by atoms with Crippen molar-refractivity contribution in [2.45, 2.75) is 138 Å². The molecular formula is C59H74O2S2. The van der Waals surface area contributed by atoms with Gasteiger partial charge in [0.15, 0.2) is 0 Å². The first kappa shape index (κ1) is 46.9. The van der Waals surface area contributed by atoms with Gasteiger partial charge in [0.25, 0.3) is 0 Å². The first-order valence-electron chi connectivity index (χ1n) is 24.5. The molecule has 334 valence electrons. The lowest BCUT2D eigenvalue weighted by atomic mass is 9.71. The first-order chi connectivity index (χ1) is 30.6. The molecule has 63 heavy (non-hydrogen) atoms. The highest BCUT2D eigenvalue weighted by molar-refractivity contribution is 7.19. The molecule has 2 aromatic heterocycles. The third-order valence-corrected chi connectivity index (χ3v) is 15.9.